The lowest BCUT2D eigenvalue weighted by atomic mass is 9.47. The Hall–Kier alpha value is -13.7. The number of aryl methyl sites for hydroxylation is 1. The Bertz CT molecular complexity index is 5840. The number of likely N-dealkylation sites (N-methyl/N-ethyl adjacent to an activating group) is 1. The summed E-state index contributed by atoms with van der Waals surface area (Å²) in [4.78, 5) is 223. The molecule has 6 aromatic rings. The number of H-pyrrole nitrogens is 2. The highest BCUT2D eigenvalue weighted by atomic mass is 33.1. The third-order valence-electron chi connectivity index (χ3n) is 26.2. The number of aliphatic hydroxyl groups is 3. The third kappa shape index (κ3) is 21.6. The molecule has 1 saturated heterocycles. The molecule has 1 saturated carbocycles. The minimum absolute atomic E-state index is 0.0229. The Labute approximate surface area is 789 Å². The standard InChI is InChI=1S/C89H111N19O27S2/c1-7-85(3,130)39-45-33-44-18-21-49-48-13-9-10-14-52(48)99-67(49)88(65(44)45,81(128)133-6)51-34-50-59(38-60(51)132-5)107(4)78-87(50)25-29-108-28-12-24-86(8-2,77(87)108)79(126)89(78,131)80(127)93-27-30-134-84(129)135-31-32-136-137-42-58(76(124)125)104-73(120)57(37-64(114)115)103-72(119)56(36-63(112)113)102-70(117)53(15-11-26-94-82(90)91)100-71(118)55(35-62(110)111)98-61(109)23-22-54(75(122)123)101-69(116)43-16-19-46(20-17-43)95-40-47-41-96-68-66(97-47)74(121)106-83(92)105-68/h9-10,12-14,16-17,19-20,24,34,38,41,45,53-58,77-79,95,99,126,130-131H,7-8,11,15,18,21-23,25-33,35-37,39-40,42H2,1-6H3,(H,93,127)(H,98,109)(H,100,118)(H,101,116)(H,102,117)(H,103,119)(H,104,120)(H,110,111)(H,112,113)(H,114,115)(H,122,123)(H,124,125)(H4,90,91,94)(H3,92,96,105,106,121)/t45-,53-,54-,55-,56-,57-,58-,77-,78+,79+,85-,86+,87+,88+,89-/m0/s1. The smallest absolute Gasteiger partial charge is 0.496 e. The van der Waals surface area contributed by atoms with Crippen molar-refractivity contribution >= 4 is 150 Å². The molecular formula is C89H111N19O27S2. The number of nitrogens with one attached hydrogen (secondary N) is 12. The molecule has 3 aromatic carbocycles. The van der Waals surface area contributed by atoms with Gasteiger partial charge in [0.1, 0.15) is 61.3 Å². The van der Waals surface area contributed by atoms with Crippen molar-refractivity contribution in [2.75, 3.05) is 88.1 Å². The van der Waals surface area contributed by atoms with Crippen LogP contribution in [0.5, 0.6) is 5.75 Å². The second-order valence-electron chi connectivity index (χ2n) is 34.7. The molecule has 0 unspecified atom stereocenters. The molecule has 3 aliphatic heterocycles. The number of aromatic amines is 2. The van der Waals surface area contributed by atoms with Gasteiger partial charge in [-0.25, -0.2) is 24.4 Å². The van der Waals surface area contributed by atoms with Crippen molar-refractivity contribution in [3.05, 3.63) is 134 Å². The van der Waals surface area contributed by atoms with Crippen LogP contribution in [0.3, 0.4) is 0 Å². The number of fused-ring (bicyclic) bond motifs is 5. The maximum absolute atomic E-state index is 15.8. The van der Waals surface area contributed by atoms with Crippen LogP contribution in [0, 0.1) is 16.7 Å². The van der Waals surface area contributed by atoms with Gasteiger partial charge in [0, 0.05) is 100 Å². The number of benzene rings is 3. The lowest BCUT2D eigenvalue weighted by Gasteiger charge is -2.63. The predicted octanol–water partition coefficient (Wildman–Crippen LogP) is 0.383. The number of rotatable bonds is 46. The number of aromatic nitrogens is 5. The van der Waals surface area contributed by atoms with Gasteiger partial charge in [-0.05, 0) is 137 Å². The number of carbonyl (C=O) groups is 14. The van der Waals surface area contributed by atoms with Crippen LogP contribution in [0.1, 0.15) is 143 Å². The van der Waals surface area contributed by atoms with Crippen molar-refractivity contribution in [1.29, 1.82) is 5.41 Å². The van der Waals surface area contributed by atoms with Gasteiger partial charge in [-0.15, -0.1) is 0 Å². The first kappa shape index (κ1) is 102. The van der Waals surface area contributed by atoms with Gasteiger partial charge in [0.05, 0.1) is 70.1 Å². The number of hydrogen-bond donors (Lipinski definition) is 22. The normalized spacial score (nSPS) is 22.1. The number of para-hydroxylation sites is 1. The second-order valence-corrected chi connectivity index (χ2v) is 37.3. The van der Waals surface area contributed by atoms with Gasteiger partial charge in [0.15, 0.2) is 28.1 Å². The number of allylic oxidation sites excluding steroid dienone is 1. The number of aliphatic carboxylic acids is 5. The van der Waals surface area contributed by atoms with Crippen molar-refractivity contribution in [3.8, 4) is 5.75 Å². The molecule has 6 aliphatic rings. The molecule has 12 rings (SSSR count). The number of amides is 7. The van der Waals surface area contributed by atoms with E-state index >= 15 is 9.59 Å². The van der Waals surface area contributed by atoms with Crippen LogP contribution in [0.2, 0.25) is 0 Å². The zero-order valence-corrected chi connectivity index (χ0v) is 77.2. The Kier molecular flexibility index (Phi) is 32.2. The third-order valence-corrected chi connectivity index (χ3v) is 28.6. The van der Waals surface area contributed by atoms with E-state index in [-0.39, 0.29) is 66.9 Å². The van der Waals surface area contributed by atoms with Crippen LogP contribution < -0.4 is 74.5 Å². The SMILES string of the molecule is CC[C@](C)(O)C[C@@H]1CC2=C1[C@](C(=O)OC)(c1cc3c(cc1OC)N(C)[C@H]1[C@@](O)(C(=O)NCCOC(=O)OCCSSC[C@H](NC(=O)[C@H](CC(=O)O)NC(=O)[C@H](CC(=O)O)NC(=O)[C@H](CCCNC(=N)N)NC(=O)[C@H](CC(=O)O)NC(=O)CC[C@H](NC(=O)c4ccc(NCc5cnc6nc(N)[nH]c(=O)c6n5)cc4)C(=O)O)C(=O)O)[C@H](O)[C@]4(CC)C=CCN5CC[C@]31[C@@H]54)c1[nH]c3ccccc3c1CC2. The van der Waals surface area contributed by atoms with Gasteiger partial charge in [-0.2, -0.15) is 4.98 Å². The Morgan fingerprint density at radius 2 is 1.39 bits per heavy atom. The summed E-state index contributed by atoms with van der Waals surface area (Å²) in [7, 11) is 6.38. The Morgan fingerprint density at radius 1 is 0.745 bits per heavy atom. The number of carboxylic acids is 5. The molecule has 0 radical (unpaired) electrons. The molecule has 0 bridgehead atoms. The number of carboxylic acid groups (broad SMARTS) is 5. The molecule has 24 N–H and O–H groups in total. The molecule has 46 nitrogen and oxygen atoms in total. The second kappa shape index (κ2) is 43.1. The van der Waals surface area contributed by atoms with Gasteiger partial charge in [-0.1, -0.05) is 71.4 Å². The van der Waals surface area contributed by atoms with Crippen molar-refractivity contribution in [2.24, 2.45) is 17.1 Å². The van der Waals surface area contributed by atoms with Crippen molar-refractivity contribution in [1.82, 2.24) is 72.4 Å². The number of nitrogen functional groups attached to an aromatic ring is 1. The number of guanidine groups is 1. The summed E-state index contributed by atoms with van der Waals surface area (Å²) in [6.45, 7) is 5.23. The molecule has 7 amide bonds. The maximum Gasteiger partial charge on any atom is 0.508 e. The minimum Gasteiger partial charge on any atom is -0.496 e. The molecule has 3 aromatic heterocycles. The van der Waals surface area contributed by atoms with E-state index < -0.39 is 234 Å². The van der Waals surface area contributed by atoms with Crippen LogP contribution in [-0.2, 0) is 95.5 Å². The van der Waals surface area contributed by atoms with Crippen LogP contribution in [0.25, 0.3) is 22.1 Å². The highest BCUT2D eigenvalue weighted by Crippen LogP contribution is 2.69. The molecule has 15 atom stereocenters. The number of esters is 1. The monoisotopic (exact) mass is 1940 g/mol. The van der Waals surface area contributed by atoms with Gasteiger partial charge < -0.3 is 129 Å². The zero-order chi connectivity index (χ0) is 99.5. The molecule has 736 valence electrons. The van der Waals surface area contributed by atoms with Crippen LogP contribution in [-0.4, -0.2) is 298 Å². The van der Waals surface area contributed by atoms with E-state index in [4.69, 9.17) is 35.8 Å². The number of nitrogens with two attached hydrogens (primary N) is 2. The summed E-state index contributed by atoms with van der Waals surface area (Å²) in [5, 5.41) is 118. The fourth-order valence-corrected chi connectivity index (χ4v) is 21.9. The summed E-state index contributed by atoms with van der Waals surface area (Å²) in [6.07, 6.45) is -0.170. The number of carbonyl (C=O) groups excluding carboxylic acids is 9. The summed E-state index contributed by atoms with van der Waals surface area (Å²) >= 11 is 0. The molecule has 3 aliphatic carbocycles. The average molecular weight is 1940 g/mol. The van der Waals surface area contributed by atoms with Crippen molar-refractivity contribution < 1.29 is 127 Å². The van der Waals surface area contributed by atoms with E-state index in [1.807, 2.05) is 72.6 Å². The van der Waals surface area contributed by atoms with E-state index in [2.05, 4.69) is 72.4 Å². The van der Waals surface area contributed by atoms with Gasteiger partial charge >= 0.3 is 42.0 Å². The van der Waals surface area contributed by atoms with E-state index in [0.29, 0.717) is 91.3 Å². The van der Waals surface area contributed by atoms with Gasteiger partial charge in [0.2, 0.25) is 35.5 Å². The molecule has 6 heterocycles. The quantitative estimate of drug-likeness (QED) is 0.00613. The fraction of sp³-hybridized carbons (Fsp3) is 0.494. The topological polar surface area (TPSA) is 716 Å². The summed E-state index contributed by atoms with van der Waals surface area (Å²) in [6, 6.07) is 3.70. The first-order valence-corrected chi connectivity index (χ1v) is 46.7. The fourth-order valence-electron chi connectivity index (χ4n) is 19.9. The average Bonchev–Trinajstić information content (AvgIpc) is 1.48. The first-order valence-electron chi connectivity index (χ1n) is 44.2. The molecule has 2 fully saturated rings. The number of ether oxygens (including phenoxy) is 4. The number of nitrogens with zero attached hydrogens (tertiary/aromatic N) is 5. The highest BCUT2D eigenvalue weighted by Gasteiger charge is 2.79. The number of hydrogen-bond acceptors (Lipinski definition) is 32. The number of aliphatic hydroxyl groups excluding tert-OH is 1. The summed E-state index contributed by atoms with van der Waals surface area (Å²) in [5.41, 5.74) is 9.29. The Morgan fingerprint density at radius 3 is 2.02 bits per heavy atom. The maximum atomic E-state index is 15.8. The van der Waals surface area contributed by atoms with Gasteiger partial charge in [-0.3, -0.25) is 72.8 Å². The largest absolute Gasteiger partial charge is 0.508 e. The van der Waals surface area contributed by atoms with Gasteiger partial charge in [0.25, 0.3) is 17.4 Å². The first-order chi connectivity index (χ1) is 65.1. The molecule has 1 spiro atoms. The molecule has 48 heteroatoms. The van der Waals surface area contributed by atoms with E-state index in [9.17, 15) is 103 Å². The lowest BCUT2D eigenvalue weighted by Crippen LogP contribution is -2.81. The number of anilines is 3. The molecule has 137 heavy (non-hydrogen) atoms. The summed E-state index contributed by atoms with van der Waals surface area (Å²) in [5.74, 6) is -18.9. The van der Waals surface area contributed by atoms with Crippen LogP contribution in [0.4, 0.5) is 22.1 Å². The van der Waals surface area contributed by atoms with E-state index in [1.54, 1.807) is 14.0 Å². The minimum atomic E-state index is -2.61. The van der Waals surface area contributed by atoms with E-state index in [1.165, 1.54) is 44.7 Å². The number of methoxy groups -OCH3 is 2. The van der Waals surface area contributed by atoms with Crippen molar-refractivity contribution in [3.63, 3.8) is 0 Å². The molecular weight excluding hydrogens is 1830 g/mol. The highest BCUT2D eigenvalue weighted by molar-refractivity contribution is 8.76. The zero-order valence-electron chi connectivity index (χ0n) is 75.6. The van der Waals surface area contributed by atoms with E-state index in [0.717, 1.165) is 49.2 Å². The van der Waals surface area contributed by atoms with Crippen molar-refractivity contribution in [2.45, 2.75) is 194 Å². The lowest BCUT2D eigenvalue weighted by molar-refractivity contribution is -0.203. The van der Waals surface area contributed by atoms with Crippen LogP contribution >= 0.6 is 21.6 Å². The Balaban J connectivity index is 0.637. The predicted molar refractivity (Wildman–Crippen MR) is 492 cm³/mol. The summed E-state index contributed by atoms with van der Waals surface area (Å²) < 4.78 is 23.0. The van der Waals surface area contributed by atoms with Crippen LogP contribution in [0.15, 0.2) is 95.0 Å².